The Morgan fingerprint density at radius 2 is 2.08 bits per heavy atom. The second-order valence-electron chi connectivity index (χ2n) is 9.14. The van der Waals surface area contributed by atoms with Gasteiger partial charge in [-0.2, -0.15) is 0 Å². The number of hydrogen-bond donors (Lipinski definition) is 2. The molecule has 2 aliphatic heterocycles. The van der Waals surface area contributed by atoms with Gasteiger partial charge in [0, 0.05) is 67.0 Å². The molecule has 0 amide bonds. The summed E-state index contributed by atoms with van der Waals surface area (Å²) in [6, 6.07) is 14.3. The summed E-state index contributed by atoms with van der Waals surface area (Å²) in [7, 11) is 0. The van der Waals surface area contributed by atoms with Crippen molar-refractivity contribution in [2.45, 2.75) is 19.1 Å². The molecule has 2 N–H and O–H groups in total. The molecule has 1 saturated heterocycles. The topological polar surface area (TPSA) is 79.5 Å². The lowest BCUT2D eigenvalue weighted by molar-refractivity contribution is 0.0381. The van der Waals surface area contributed by atoms with Crippen LogP contribution in [0.5, 0.6) is 11.5 Å². The number of rotatable bonds is 5. The van der Waals surface area contributed by atoms with E-state index in [2.05, 4.69) is 15.3 Å². The van der Waals surface area contributed by atoms with Crippen molar-refractivity contribution in [3.63, 3.8) is 0 Å². The minimum absolute atomic E-state index is 0.161. The molecule has 2 aromatic heterocycles. The summed E-state index contributed by atoms with van der Waals surface area (Å²) < 4.78 is 27.1. The van der Waals surface area contributed by atoms with Crippen molar-refractivity contribution in [2.75, 3.05) is 29.9 Å². The second kappa shape index (κ2) is 9.88. The zero-order valence-electron chi connectivity index (χ0n) is 19.8. The van der Waals surface area contributed by atoms with Gasteiger partial charge in [0.25, 0.3) is 5.56 Å². The molecule has 6 rings (SSSR count). The van der Waals surface area contributed by atoms with Crippen LogP contribution in [0.25, 0.3) is 0 Å². The van der Waals surface area contributed by atoms with Crippen molar-refractivity contribution < 1.29 is 13.9 Å². The highest BCUT2D eigenvalue weighted by atomic mass is 35.5. The van der Waals surface area contributed by atoms with Crippen molar-refractivity contribution in [3.05, 3.63) is 111 Å². The first kappa shape index (κ1) is 23.5. The second-order valence-corrected chi connectivity index (χ2v) is 9.58. The summed E-state index contributed by atoms with van der Waals surface area (Å²) in [4.78, 5) is 21.1. The molecule has 1 atom stereocenters. The molecule has 2 aromatic carbocycles. The van der Waals surface area contributed by atoms with Crippen LogP contribution < -0.4 is 20.5 Å². The van der Waals surface area contributed by atoms with Gasteiger partial charge in [0.2, 0.25) is 0 Å². The third-order valence-electron chi connectivity index (χ3n) is 6.62. The van der Waals surface area contributed by atoms with Gasteiger partial charge in [0.15, 0.2) is 0 Å². The van der Waals surface area contributed by atoms with E-state index < -0.39 is 6.10 Å². The predicted molar refractivity (Wildman–Crippen MR) is 140 cm³/mol. The summed E-state index contributed by atoms with van der Waals surface area (Å²) in [5, 5.41) is 3.97. The number of fused-ring (bicyclic) bond motifs is 2. The number of H-pyrrole nitrogens is 1. The minimum Gasteiger partial charge on any atom is -0.456 e. The number of nitrogens with zero attached hydrogens (tertiary/aromatic N) is 2. The van der Waals surface area contributed by atoms with Crippen LogP contribution in [0.3, 0.4) is 0 Å². The molecule has 2 aliphatic rings. The van der Waals surface area contributed by atoms with E-state index in [4.69, 9.17) is 21.1 Å². The molecule has 4 aromatic rings. The Morgan fingerprint density at radius 3 is 2.95 bits per heavy atom. The zero-order valence-corrected chi connectivity index (χ0v) is 20.6. The van der Waals surface area contributed by atoms with E-state index in [1.807, 2.05) is 29.2 Å². The Kier molecular flexibility index (Phi) is 6.28. The fourth-order valence-electron chi connectivity index (χ4n) is 4.88. The number of ether oxygens (including phenoxy) is 2. The largest absolute Gasteiger partial charge is 0.456 e. The maximum Gasteiger partial charge on any atom is 0.271 e. The van der Waals surface area contributed by atoms with Crippen molar-refractivity contribution in [3.8, 4) is 11.5 Å². The van der Waals surface area contributed by atoms with E-state index in [1.54, 1.807) is 30.7 Å². The van der Waals surface area contributed by atoms with E-state index >= 15 is 0 Å². The van der Waals surface area contributed by atoms with Gasteiger partial charge in [-0.15, -0.1) is 0 Å². The Labute approximate surface area is 217 Å². The number of aromatic amines is 1. The van der Waals surface area contributed by atoms with Crippen LogP contribution in [-0.2, 0) is 17.7 Å². The molecule has 4 heterocycles. The standard InChI is InChI=1S/C28H24ClFN4O3/c29-20-8-17(13-31-15-20)14-33-22-3-4-25-18(11-22)9-19-10-21(30)12-23(27(19)37-25)26-16-34(6-7-36-26)24-2-1-5-32-28(24)35/h1-5,8,10-13,15,26,33H,6-7,9,14,16H2,(H,32,35). The molecule has 1 unspecified atom stereocenters. The number of pyridine rings is 2. The lowest BCUT2D eigenvalue weighted by Crippen LogP contribution is -2.41. The maximum absolute atomic E-state index is 14.8. The van der Waals surface area contributed by atoms with Crippen LogP contribution in [0.4, 0.5) is 15.8 Å². The maximum atomic E-state index is 14.8. The highest BCUT2D eigenvalue weighted by Crippen LogP contribution is 2.43. The van der Waals surface area contributed by atoms with Crippen LogP contribution in [0.2, 0.25) is 5.02 Å². The molecule has 1 fully saturated rings. The molecular weight excluding hydrogens is 495 g/mol. The van der Waals surface area contributed by atoms with Crippen LogP contribution in [0.1, 0.15) is 28.4 Å². The summed E-state index contributed by atoms with van der Waals surface area (Å²) >= 11 is 6.03. The van der Waals surface area contributed by atoms with Gasteiger partial charge < -0.3 is 24.7 Å². The van der Waals surface area contributed by atoms with E-state index in [1.165, 1.54) is 12.1 Å². The summed E-state index contributed by atoms with van der Waals surface area (Å²) in [5.74, 6) is 0.998. The number of hydrogen-bond acceptors (Lipinski definition) is 6. The van der Waals surface area contributed by atoms with Crippen LogP contribution in [0.15, 0.2) is 71.9 Å². The normalized spacial score (nSPS) is 16.5. The molecule has 188 valence electrons. The molecular formula is C28H24ClFN4O3. The van der Waals surface area contributed by atoms with E-state index in [0.29, 0.717) is 54.7 Å². The average molecular weight is 519 g/mol. The molecule has 7 nitrogen and oxygen atoms in total. The minimum atomic E-state index is -0.438. The molecule has 37 heavy (non-hydrogen) atoms. The van der Waals surface area contributed by atoms with E-state index in [-0.39, 0.29) is 11.4 Å². The van der Waals surface area contributed by atoms with Crippen molar-refractivity contribution >= 4 is 23.0 Å². The highest BCUT2D eigenvalue weighted by molar-refractivity contribution is 6.30. The molecule has 9 heteroatoms. The summed E-state index contributed by atoms with van der Waals surface area (Å²) in [6.07, 6.45) is 5.06. The smallest absolute Gasteiger partial charge is 0.271 e. The molecule has 0 spiro atoms. The van der Waals surface area contributed by atoms with Gasteiger partial charge in [0.05, 0.1) is 11.6 Å². The van der Waals surface area contributed by atoms with Crippen molar-refractivity contribution in [1.29, 1.82) is 0 Å². The number of nitrogens with one attached hydrogen (secondary N) is 2. The van der Waals surface area contributed by atoms with E-state index in [0.717, 1.165) is 28.1 Å². The monoisotopic (exact) mass is 518 g/mol. The Hall–Kier alpha value is -3.88. The molecule has 0 aliphatic carbocycles. The summed E-state index contributed by atoms with van der Waals surface area (Å²) in [5.41, 5.74) is 4.66. The van der Waals surface area contributed by atoms with Crippen LogP contribution >= 0.6 is 11.6 Å². The lowest BCUT2D eigenvalue weighted by Gasteiger charge is -2.35. The van der Waals surface area contributed by atoms with Gasteiger partial charge in [-0.1, -0.05) is 11.6 Å². The number of anilines is 2. The fourth-order valence-corrected chi connectivity index (χ4v) is 5.08. The van der Waals surface area contributed by atoms with E-state index in [9.17, 15) is 9.18 Å². The third-order valence-corrected chi connectivity index (χ3v) is 6.83. The summed E-state index contributed by atoms with van der Waals surface area (Å²) in [6.45, 7) is 1.98. The first-order chi connectivity index (χ1) is 18.0. The number of morpholine rings is 1. The van der Waals surface area contributed by atoms with Crippen molar-refractivity contribution in [2.24, 2.45) is 0 Å². The zero-order chi connectivity index (χ0) is 25.4. The van der Waals surface area contributed by atoms with Crippen molar-refractivity contribution in [1.82, 2.24) is 9.97 Å². The molecule has 0 bridgehead atoms. The van der Waals surface area contributed by atoms with Crippen LogP contribution in [0, 0.1) is 5.82 Å². The first-order valence-electron chi connectivity index (χ1n) is 12.0. The van der Waals surface area contributed by atoms with Gasteiger partial charge in [-0.25, -0.2) is 4.39 Å². The fraction of sp³-hybridized carbons (Fsp3) is 0.214. The molecule has 0 radical (unpaired) electrons. The average Bonchev–Trinajstić information content (AvgIpc) is 2.91. The third kappa shape index (κ3) is 4.90. The Bertz CT molecular complexity index is 1530. The van der Waals surface area contributed by atoms with Gasteiger partial charge in [-0.3, -0.25) is 9.78 Å². The number of aromatic nitrogens is 2. The Balaban J connectivity index is 1.24. The highest BCUT2D eigenvalue weighted by Gasteiger charge is 2.30. The Morgan fingerprint density at radius 1 is 1.16 bits per heavy atom. The predicted octanol–water partition coefficient (Wildman–Crippen LogP) is 5.45. The van der Waals surface area contributed by atoms with Gasteiger partial charge in [0.1, 0.15) is 29.1 Å². The van der Waals surface area contributed by atoms with Gasteiger partial charge in [-0.05, 0) is 54.1 Å². The molecule has 0 saturated carbocycles. The van der Waals surface area contributed by atoms with Gasteiger partial charge >= 0.3 is 0 Å². The number of halogens is 2. The SMILES string of the molecule is O=c1[nH]cccc1N1CCOC(c2cc(F)cc3c2Oc2ccc(NCc4cncc(Cl)c4)cc2C3)C1. The first-order valence-corrected chi connectivity index (χ1v) is 12.4. The lowest BCUT2D eigenvalue weighted by atomic mass is 9.94. The van der Waals surface area contributed by atoms with Crippen LogP contribution in [-0.4, -0.2) is 29.7 Å². The quantitative estimate of drug-likeness (QED) is 0.322. The number of benzene rings is 2.